The molecule has 31 heavy (non-hydrogen) atoms. The lowest BCUT2D eigenvalue weighted by molar-refractivity contribution is -1.01. The average molecular weight is 429 g/mol. The molecular formula is C24H33FN4O2+2. The molecule has 3 rings (SSSR count). The molecule has 2 aromatic carbocycles. The topological polar surface area (TPSA) is 67.1 Å². The van der Waals surface area contributed by atoms with Crippen LogP contribution in [0.5, 0.6) is 0 Å². The molecule has 1 aliphatic heterocycles. The molecule has 6 nitrogen and oxygen atoms in total. The Balaban J connectivity index is 1.48. The number of aryl methyl sites for hydroxylation is 3. The summed E-state index contributed by atoms with van der Waals surface area (Å²) in [6, 6.07) is 9.91. The van der Waals surface area contributed by atoms with Gasteiger partial charge in [0.25, 0.3) is 11.8 Å². The van der Waals surface area contributed by atoms with Crippen LogP contribution in [0, 0.1) is 26.6 Å². The number of benzene rings is 2. The minimum atomic E-state index is -0.370. The van der Waals surface area contributed by atoms with Crippen molar-refractivity contribution in [1.29, 1.82) is 0 Å². The first kappa shape index (κ1) is 22.9. The van der Waals surface area contributed by atoms with Crippen molar-refractivity contribution in [3.8, 4) is 0 Å². The number of piperazine rings is 1. The third-order valence-corrected chi connectivity index (χ3v) is 6.05. The summed E-state index contributed by atoms with van der Waals surface area (Å²) in [5.41, 5.74) is 4.71. The normalized spacial score (nSPS) is 19.5. The van der Waals surface area contributed by atoms with E-state index in [1.165, 1.54) is 27.5 Å². The van der Waals surface area contributed by atoms with Gasteiger partial charge in [-0.1, -0.05) is 23.8 Å². The molecule has 0 spiro atoms. The van der Waals surface area contributed by atoms with Crippen LogP contribution in [0.3, 0.4) is 0 Å². The van der Waals surface area contributed by atoms with Gasteiger partial charge in [-0.05, 0) is 57.0 Å². The van der Waals surface area contributed by atoms with E-state index in [1.54, 1.807) is 12.1 Å². The molecule has 0 bridgehead atoms. The monoisotopic (exact) mass is 428 g/mol. The van der Waals surface area contributed by atoms with Gasteiger partial charge >= 0.3 is 0 Å². The first-order chi connectivity index (χ1) is 14.7. The van der Waals surface area contributed by atoms with Crippen molar-refractivity contribution in [2.24, 2.45) is 0 Å². The second kappa shape index (κ2) is 10.0. The van der Waals surface area contributed by atoms with Crippen LogP contribution in [-0.4, -0.2) is 50.6 Å². The summed E-state index contributed by atoms with van der Waals surface area (Å²) < 4.78 is 13.3. The molecule has 0 saturated carbocycles. The maximum absolute atomic E-state index is 13.3. The van der Waals surface area contributed by atoms with E-state index < -0.39 is 0 Å². The molecule has 0 unspecified atom stereocenters. The van der Waals surface area contributed by atoms with E-state index in [0.29, 0.717) is 12.2 Å². The summed E-state index contributed by atoms with van der Waals surface area (Å²) in [7, 11) is 0. The molecule has 1 fully saturated rings. The minimum absolute atomic E-state index is 0.0253. The summed E-state index contributed by atoms with van der Waals surface area (Å²) in [5, 5.41) is 5.87. The molecule has 7 heteroatoms. The number of carbonyl (C=O) groups is 2. The summed E-state index contributed by atoms with van der Waals surface area (Å²) in [6.45, 7) is 11.7. The fourth-order valence-corrected chi connectivity index (χ4v) is 4.33. The van der Waals surface area contributed by atoms with Gasteiger partial charge in [-0.25, -0.2) is 4.39 Å². The highest BCUT2D eigenvalue weighted by molar-refractivity contribution is 5.95. The smallest absolute Gasteiger partial charge is 0.282 e. The fraction of sp³-hybridized carbons (Fsp3) is 0.417. The van der Waals surface area contributed by atoms with Crippen molar-refractivity contribution in [3.05, 3.63) is 58.9 Å². The van der Waals surface area contributed by atoms with Gasteiger partial charge < -0.3 is 20.4 Å². The standard InChI is InChI=1S/C24H31FN4O2/c1-16-12-17(2)23(18(3)13-16)27-24(31)19(4)29-10-8-28(9-11-29)15-22(30)26-21-7-5-6-20(25)14-21/h5-7,12-14,19H,8-11,15H2,1-4H3,(H,26,30)(H,27,31)/p+2/t19-/m0/s1. The molecular weight excluding hydrogens is 395 g/mol. The minimum Gasteiger partial charge on any atom is -0.321 e. The number of rotatable bonds is 6. The van der Waals surface area contributed by atoms with E-state index in [2.05, 4.69) is 29.7 Å². The van der Waals surface area contributed by atoms with Gasteiger partial charge in [0.15, 0.2) is 12.6 Å². The van der Waals surface area contributed by atoms with Crippen molar-refractivity contribution < 1.29 is 23.8 Å². The van der Waals surface area contributed by atoms with Crippen LogP contribution in [0.25, 0.3) is 0 Å². The van der Waals surface area contributed by atoms with E-state index in [4.69, 9.17) is 0 Å². The quantitative estimate of drug-likeness (QED) is 0.542. The third kappa shape index (κ3) is 6.12. The van der Waals surface area contributed by atoms with Gasteiger partial charge in [0.05, 0.1) is 0 Å². The summed E-state index contributed by atoms with van der Waals surface area (Å²) in [5.74, 6) is -0.469. The molecule has 1 atom stereocenters. The van der Waals surface area contributed by atoms with Crippen LogP contribution in [-0.2, 0) is 9.59 Å². The molecule has 0 aromatic heterocycles. The number of amides is 2. The van der Waals surface area contributed by atoms with Crippen molar-refractivity contribution in [1.82, 2.24) is 0 Å². The van der Waals surface area contributed by atoms with Crippen molar-refractivity contribution in [3.63, 3.8) is 0 Å². The zero-order chi connectivity index (χ0) is 22.5. The fourth-order valence-electron chi connectivity index (χ4n) is 4.33. The zero-order valence-corrected chi connectivity index (χ0v) is 18.8. The Kier molecular flexibility index (Phi) is 7.41. The van der Waals surface area contributed by atoms with Crippen LogP contribution in [0.15, 0.2) is 36.4 Å². The lowest BCUT2D eigenvalue weighted by Gasteiger charge is -2.32. The number of nitrogens with one attached hydrogen (secondary N) is 4. The van der Waals surface area contributed by atoms with Crippen LogP contribution in [0.2, 0.25) is 0 Å². The predicted octanol–water partition coefficient (Wildman–Crippen LogP) is 0.500. The van der Waals surface area contributed by atoms with Gasteiger partial charge in [-0.3, -0.25) is 9.59 Å². The lowest BCUT2D eigenvalue weighted by Crippen LogP contribution is -3.30. The van der Waals surface area contributed by atoms with Crippen LogP contribution in [0.1, 0.15) is 23.6 Å². The number of carbonyl (C=O) groups excluding carboxylic acids is 2. The van der Waals surface area contributed by atoms with Gasteiger partial charge in [0.2, 0.25) is 0 Å². The van der Waals surface area contributed by atoms with E-state index in [9.17, 15) is 14.0 Å². The van der Waals surface area contributed by atoms with E-state index in [0.717, 1.165) is 43.0 Å². The molecule has 2 aromatic rings. The number of hydrogen-bond donors (Lipinski definition) is 4. The highest BCUT2D eigenvalue weighted by Gasteiger charge is 2.32. The largest absolute Gasteiger partial charge is 0.321 e. The van der Waals surface area contributed by atoms with Crippen molar-refractivity contribution >= 4 is 23.2 Å². The average Bonchev–Trinajstić information content (AvgIpc) is 2.70. The van der Waals surface area contributed by atoms with Gasteiger partial charge in [0.1, 0.15) is 32.0 Å². The highest BCUT2D eigenvalue weighted by Crippen LogP contribution is 2.21. The number of anilines is 2. The zero-order valence-electron chi connectivity index (χ0n) is 18.8. The lowest BCUT2D eigenvalue weighted by atomic mass is 10.0. The number of quaternary nitrogens is 2. The molecule has 2 amide bonds. The van der Waals surface area contributed by atoms with Crippen LogP contribution < -0.4 is 20.4 Å². The predicted molar refractivity (Wildman–Crippen MR) is 120 cm³/mol. The third-order valence-electron chi connectivity index (χ3n) is 6.05. The second-order valence-electron chi connectivity index (χ2n) is 8.63. The van der Waals surface area contributed by atoms with Crippen LogP contribution in [0.4, 0.5) is 15.8 Å². The van der Waals surface area contributed by atoms with Gasteiger partial charge in [0, 0.05) is 11.4 Å². The Bertz CT molecular complexity index is 931. The van der Waals surface area contributed by atoms with E-state index >= 15 is 0 Å². The molecule has 1 saturated heterocycles. The molecule has 0 radical (unpaired) electrons. The summed E-state index contributed by atoms with van der Waals surface area (Å²) in [6.07, 6.45) is 0. The van der Waals surface area contributed by atoms with Gasteiger partial charge in [-0.15, -0.1) is 0 Å². The highest BCUT2D eigenvalue weighted by atomic mass is 19.1. The van der Waals surface area contributed by atoms with E-state index in [1.807, 2.05) is 20.8 Å². The van der Waals surface area contributed by atoms with Gasteiger partial charge in [-0.2, -0.15) is 0 Å². The number of halogens is 1. The summed E-state index contributed by atoms with van der Waals surface area (Å²) in [4.78, 5) is 27.5. The maximum Gasteiger partial charge on any atom is 0.282 e. The molecule has 1 aliphatic rings. The Morgan fingerprint density at radius 1 is 1.00 bits per heavy atom. The first-order valence-corrected chi connectivity index (χ1v) is 10.8. The van der Waals surface area contributed by atoms with Crippen molar-refractivity contribution in [2.45, 2.75) is 33.7 Å². The Morgan fingerprint density at radius 2 is 1.65 bits per heavy atom. The Hall–Kier alpha value is -2.77. The van der Waals surface area contributed by atoms with Crippen LogP contribution >= 0.6 is 0 Å². The first-order valence-electron chi connectivity index (χ1n) is 10.8. The maximum atomic E-state index is 13.3. The molecule has 166 valence electrons. The van der Waals surface area contributed by atoms with E-state index in [-0.39, 0.29) is 23.7 Å². The molecule has 0 aliphatic carbocycles. The second-order valence-corrected chi connectivity index (χ2v) is 8.63. The summed E-state index contributed by atoms with van der Waals surface area (Å²) >= 11 is 0. The molecule has 4 N–H and O–H groups in total. The number of hydrogen-bond acceptors (Lipinski definition) is 2. The Labute approximate surface area is 183 Å². The van der Waals surface area contributed by atoms with Crippen molar-refractivity contribution in [2.75, 3.05) is 43.4 Å². The SMILES string of the molecule is Cc1cc(C)c(NC(=O)[C@H](C)[NH+]2CC[NH+](CC(=O)Nc3cccc(F)c3)CC2)c(C)c1. The molecule has 1 heterocycles. The Morgan fingerprint density at radius 3 is 2.26 bits per heavy atom.